The summed E-state index contributed by atoms with van der Waals surface area (Å²) in [6.45, 7) is 4.95. The molecule has 1 aromatic heterocycles. The highest BCUT2D eigenvalue weighted by Crippen LogP contribution is 2.40. The van der Waals surface area contributed by atoms with Gasteiger partial charge in [0.25, 0.3) is 5.91 Å². The SMILES string of the molecule is CC(=O)NCCNCc1cc(C(=O)N2CCc3c(-c4ccc5c(c4)OCCO5)cccc32)nn1C. The standard InChI is InChI=1S/C26H29N5O4/c1-17(32)28-10-9-27-16-19-15-22(29-30(19)2)26(33)31-11-8-21-20(4-3-5-23(21)31)18-6-7-24-25(14-18)35-13-12-34-24/h3-7,14-15,27H,8-13,16H2,1-2H3,(H,28,32). The summed E-state index contributed by atoms with van der Waals surface area (Å²) in [5.74, 6) is 1.36. The quantitative estimate of drug-likeness (QED) is 0.509. The number of carbonyl (C=O) groups excluding carboxylic acids is 2. The van der Waals surface area contributed by atoms with Gasteiger partial charge in [0.05, 0.1) is 5.69 Å². The van der Waals surface area contributed by atoms with E-state index in [0.29, 0.717) is 45.1 Å². The first-order valence-electron chi connectivity index (χ1n) is 11.8. The number of nitrogens with one attached hydrogen (secondary N) is 2. The normalized spacial score (nSPS) is 14.1. The Bertz CT molecular complexity index is 1270. The van der Waals surface area contributed by atoms with Crippen LogP contribution in [0.25, 0.3) is 11.1 Å². The number of carbonyl (C=O) groups is 2. The van der Waals surface area contributed by atoms with E-state index >= 15 is 0 Å². The number of benzene rings is 2. The Labute approximate surface area is 204 Å². The largest absolute Gasteiger partial charge is 0.486 e. The molecule has 0 unspecified atom stereocenters. The molecule has 0 saturated carbocycles. The van der Waals surface area contributed by atoms with Crippen LogP contribution in [-0.2, 0) is 24.8 Å². The molecule has 3 heterocycles. The highest BCUT2D eigenvalue weighted by atomic mass is 16.6. The second-order valence-electron chi connectivity index (χ2n) is 8.67. The molecule has 0 spiro atoms. The minimum Gasteiger partial charge on any atom is -0.486 e. The van der Waals surface area contributed by atoms with Gasteiger partial charge in [-0.2, -0.15) is 5.10 Å². The third-order valence-corrected chi connectivity index (χ3v) is 6.30. The fourth-order valence-corrected chi connectivity index (χ4v) is 4.58. The molecule has 2 amide bonds. The molecule has 9 heteroatoms. The molecule has 5 rings (SSSR count). The summed E-state index contributed by atoms with van der Waals surface area (Å²) in [6.07, 6.45) is 0.774. The van der Waals surface area contributed by atoms with Gasteiger partial charge in [-0.25, -0.2) is 0 Å². The first-order chi connectivity index (χ1) is 17.0. The molecular formula is C26H29N5O4. The van der Waals surface area contributed by atoms with Crippen molar-refractivity contribution in [1.29, 1.82) is 0 Å². The van der Waals surface area contributed by atoms with Gasteiger partial charge in [0.2, 0.25) is 5.91 Å². The molecule has 0 aliphatic carbocycles. The van der Waals surface area contributed by atoms with Crippen LogP contribution in [0, 0.1) is 0 Å². The minimum absolute atomic E-state index is 0.0526. The average molecular weight is 476 g/mol. The summed E-state index contributed by atoms with van der Waals surface area (Å²) in [5.41, 5.74) is 5.53. The van der Waals surface area contributed by atoms with E-state index in [1.165, 1.54) is 6.92 Å². The van der Waals surface area contributed by atoms with Gasteiger partial charge in [-0.1, -0.05) is 18.2 Å². The van der Waals surface area contributed by atoms with Crippen LogP contribution in [0.15, 0.2) is 42.5 Å². The van der Waals surface area contributed by atoms with Gasteiger partial charge in [-0.15, -0.1) is 0 Å². The van der Waals surface area contributed by atoms with Crippen molar-refractivity contribution in [3.63, 3.8) is 0 Å². The second-order valence-corrected chi connectivity index (χ2v) is 8.67. The number of aryl methyl sites for hydroxylation is 1. The van der Waals surface area contributed by atoms with E-state index in [9.17, 15) is 9.59 Å². The molecule has 2 aliphatic heterocycles. The molecule has 2 N–H and O–H groups in total. The van der Waals surface area contributed by atoms with Gasteiger partial charge in [0.15, 0.2) is 17.2 Å². The lowest BCUT2D eigenvalue weighted by atomic mass is 9.97. The Balaban J connectivity index is 1.32. The molecule has 0 atom stereocenters. The van der Waals surface area contributed by atoms with Crippen LogP contribution in [0.1, 0.15) is 28.7 Å². The Morgan fingerprint density at radius 1 is 1.06 bits per heavy atom. The van der Waals surface area contributed by atoms with Crippen LogP contribution >= 0.6 is 0 Å². The van der Waals surface area contributed by atoms with Crippen LogP contribution in [0.3, 0.4) is 0 Å². The van der Waals surface area contributed by atoms with Crippen molar-refractivity contribution in [3.05, 3.63) is 59.4 Å². The Kier molecular flexibility index (Phi) is 6.41. The summed E-state index contributed by atoms with van der Waals surface area (Å²) < 4.78 is 13.1. The number of hydrogen-bond donors (Lipinski definition) is 2. The fourth-order valence-electron chi connectivity index (χ4n) is 4.58. The fraction of sp³-hybridized carbons (Fsp3) is 0.346. The maximum absolute atomic E-state index is 13.4. The zero-order chi connectivity index (χ0) is 24.4. The Morgan fingerprint density at radius 3 is 2.71 bits per heavy atom. The number of rotatable bonds is 7. The van der Waals surface area contributed by atoms with Crippen LogP contribution in [-0.4, -0.2) is 54.4 Å². The third-order valence-electron chi connectivity index (χ3n) is 6.30. The molecule has 35 heavy (non-hydrogen) atoms. The third kappa shape index (κ3) is 4.72. The average Bonchev–Trinajstić information content (AvgIpc) is 3.46. The van der Waals surface area contributed by atoms with Crippen molar-refractivity contribution in [2.45, 2.75) is 19.9 Å². The minimum atomic E-state index is -0.108. The van der Waals surface area contributed by atoms with E-state index in [1.54, 1.807) is 4.68 Å². The maximum Gasteiger partial charge on any atom is 0.278 e. The highest BCUT2D eigenvalue weighted by Gasteiger charge is 2.29. The van der Waals surface area contributed by atoms with E-state index in [1.807, 2.05) is 48.3 Å². The molecule has 3 aromatic rings. The monoisotopic (exact) mass is 475 g/mol. The molecular weight excluding hydrogens is 446 g/mol. The first kappa shape index (κ1) is 22.9. The summed E-state index contributed by atoms with van der Waals surface area (Å²) in [5, 5.41) is 10.5. The van der Waals surface area contributed by atoms with Crippen molar-refractivity contribution in [3.8, 4) is 22.6 Å². The molecule has 0 radical (unpaired) electrons. The molecule has 9 nitrogen and oxygen atoms in total. The Morgan fingerprint density at radius 2 is 1.89 bits per heavy atom. The van der Waals surface area contributed by atoms with Crippen molar-refractivity contribution in [2.24, 2.45) is 7.05 Å². The number of amides is 2. The maximum atomic E-state index is 13.4. The van der Waals surface area contributed by atoms with Gasteiger partial charge in [0, 0.05) is 45.8 Å². The zero-order valence-electron chi connectivity index (χ0n) is 20.0. The predicted molar refractivity (Wildman–Crippen MR) is 132 cm³/mol. The number of aromatic nitrogens is 2. The van der Waals surface area contributed by atoms with Gasteiger partial charge in [-0.3, -0.25) is 14.3 Å². The molecule has 2 aromatic carbocycles. The number of fused-ring (bicyclic) bond motifs is 2. The number of nitrogens with zero attached hydrogens (tertiary/aromatic N) is 3. The van der Waals surface area contributed by atoms with Gasteiger partial charge >= 0.3 is 0 Å². The first-order valence-corrected chi connectivity index (χ1v) is 11.8. The van der Waals surface area contributed by atoms with E-state index in [4.69, 9.17) is 9.47 Å². The second kappa shape index (κ2) is 9.79. The van der Waals surface area contributed by atoms with Gasteiger partial charge in [0.1, 0.15) is 13.2 Å². The molecule has 0 saturated heterocycles. The van der Waals surface area contributed by atoms with Gasteiger partial charge in [-0.05, 0) is 47.4 Å². The predicted octanol–water partition coefficient (Wildman–Crippen LogP) is 2.29. The summed E-state index contributed by atoms with van der Waals surface area (Å²) in [7, 11) is 1.83. The van der Waals surface area contributed by atoms with E-state index in [2.05, 4.69) is 21.8 Å². The van der Waals surface area contributed by atoms with Crippen LogP contribution < -0.4 is 25.0 Å². The number of hydrogen-bond acceptors (Lipinski definition) is 6. The smallest absolute Gasteiger partial charge is 0.278 e. The molecule has 0 fully saturated rings. The lowest BCUT2D eigenvalue weighted by Gasteiger charge is -2.20. The highest BCUT2D eigenvalue weighted by molar-refractivity contribution is 6.06. The van der Waals surface area contributed by atoms with Crippen molar-refractivity contribution in [1.82, 2.24) is 20.4 Å². The van der Waals surface area contributed by atoms with Crippen molar-refractivity contribution < 1.29 is 19.1 Å². The molecule has 2 aliphatic rings. The molecule has 182 valence electrons. The van der Waals surface area contributed by atoms with E-state index in [-0.39, 0.29) is 11.8 Å². The van der Waals surface area contributed by atoms with Crippen LogP contribution in [0.2, 0.25) is 0 Å². The van der Waals surface area contributed by atoms with Crippen molar-refractivity contribution in [2.75, 3.05) is 37.7 Å². The van der Waals surface area contributed by atoms with Gasteiger partial charge < -0.3 is 25.0 Å². The number of anilines is 1. The topological polar surface area (TPSA) is 97.7 Å². The number of ether oxygens (including phenoxy) is 2. The van der Waals surface area contributed by atoms with Crippen LogP contribution in [0.4, 0.5) is 5.69 Å². The summed E-state index contributed by atoms with van der Waals surface area (Å²) in [4.78, 5) is 26.2. The lowest BCUT2D eigenvalue weighted by Crippen LogP contribution is -2.30. The van der Waals surface area contributed by atoms with Crippen molar-refractivity contribution >= 4 is 17.5 Å². The molecule has 0 bridgehead atoms. The summed E-state index contributed by atoms with van der Waals surface area (Å²) in [6, 6.07) is 13.9. The van der Waals surface area contributed by atoms with E-state index in [0.717, 1.165) is 46.0 Å². The lowest BCUT2D eigenvalue weighted by molar-refractivity contribution is -0.118. The zero-order valence-corrected chi connectivity index (χ0v) is 20.0. The van der Waals surface area contributed by atoms with Crippen LogP contribution in [0.5, 0.6) is 11.5 Å². The summed E-state index contributed by atoms with van der Waals surface area (Å²) >= 11 is 0. The van der Waals surface area contributed by atoms with E-state index < -0.39 is 0 Å². The Hall–Kier alpha value is -3.85.